The standard InChI is InChI=1S/C17H14BrN3O2S/c18-13-4-1-3-12(9-13)15-6-7-17(23)21(20-15)11-16(22)19-10-14-5-2-8-24-14/h1-9H,10-11H2,(H,19,22). The number of benzene rings is 1. The van der Waals surface area contributed by atoms with Crippen LogP contribution in [0.5, 0.6) is 0 Å². The first-order valence-corrected chi connectivity index (χ1v) is 8.92. The molecule has 0 atom stereocenters. The minimum absolute atomic E-state index is 0.105. The Morgan fingerprint density at radius 2 is 2.08 bits per heavy atom. The van der Waals surface area contributed by atoms with Gasteiger partial charge >= 0.3 is 0 Å². The number of carbonyl (C=O) groups excluding carboxylic acids is 1. The molecule has 0 radical (unpaired) electrons. The van der Waals surface area contributed by atoms with Gasteiger partial charge in [-0.05, 0) is 29.6 Å². The minimum Gasteiger partial charge on any atom is -0.350 e. The number of hydrogen-bond acceptors (Lipinski definition) is 4. The molecule has 0 fully saturated rings. The Kier molecular flexibility index (Phi) is 5.22. The minimum atomic E-state index is -0.306. The lowest BCUT2D eigenvalue weighted by molar-refractivity contribution is -0.122. The summed E-state index contributed by atoms with van der Waals surface area (Å²) in [6.45, 7) is 0.350. The average Bonchev–Trinajstić information content (AvgIpc) is 3.08. The van der Waals surface area contributed by atoms with Gasteiger partial charge in [0.2, 0.25) is 5.91 Å². The van der Waals surface area contributed by atoms with E-state index in [1.807, 2.05) is 41.8 Å². The second-order valence-electron chi connectivity index (χ2n) is 5.08. The summed E-state index contributed by atoms with van der Waals surface area (Å²) in [7, 11) is 0. The Bertz CT molecular complexity index is 906. The summed E-state index contributed by atoms with van der Waals surface area (Å²) in [6.07, 6.45) is 0. The zero-order valence-corrected chi connectivity index (χ0v) is 15.0. The number of amides is 1. The lowest BCUT2D eigenvalue weighted by Crippen LogP contribution is -2.33. The summed E-state index contributed by atoms with van der Waals surface area (Å²) < 4.78 is 2.10. The van der Waals surface area contributed by atoms with Crippen LogP contribution in [0.3, 0.4) is 0 Å². The number of nitrogens with one attached hydrogen (secondary N) is 1. The molecule has 1 amide bonds. The van der Waals surface area contributed by atoms with Crippen molar-refractivity contribution in [2.45, 2.75) is 13.1 Å². The Hall–Kier alpha value is -2.25. The van der Waals surface area contributed by atoms with E-state index in [0.717, 1.165) is 14.9 Å². The molecule has 3 aromatic rings. The van der Waals surface area contributed by atoms with Crippen molar-refractivity contribution in [2.75, 3.05) is 0 Å². The monoisotopic (exact) mass is 403 g/mol. The first-order valence-electron chi connectivity index (χ1n) is 7.25. The first kappa shape index (κ1) is 16.6. The molecule has 7 heteroatoms. The van der Waals surface area contributed by atoms with Crippen molar-refractivity contribution in [1.82, 2.24) is 15.1 Å². The van der Waals surface area contributed by atoms with Crippen LogP contribution < -0.4 is 10.9 Å². The van der Waals surface area contributed by atoms with Gasteiger partial charge in [0.05, 0.1) is 12.2 Å². The molecule has 0 aliphatic heterocycles. The van der Waals surface area contributed by atoms with Gasteiger partial charge in [-0.1, -0.05) is 34.1 Å². The zero-order chi connectivity index (χ0) is 16.9. The van der Waals surface area contributed by atoms with Crippen LogP contribution in [0.25, 0.3) is 11.3 Å². The molecule has 2 heterocycles. The number of hydrogen-bond donors (Lipinski definition) is 1. The second kappa shape index (κ2) is 7.55. The fraction of sp³-hybridized carbons (Fsp3) is 0.118. The van der Waals surface area contributed by atoms with Crippen LogP contribution >= 0.6 is 27.3 Å². The van der Waals surface area contributed by atoms with Crippen LogP contribution in [0.15, 0.2) is 63.2 Å². The molecule has 24 heavy (non-hydrogen) atoms. The molecular weight excluding hydrogens is 390 g/mol. The summed E-state index contributed by atoms with van der Waals surface area (Å²) in [6, 6.07) is 14.6. The Labute approximate surface area is 151 Å². The number of aromatic nitrogens is 2. The van der Waals surface area contributed by atoms with Gasteiger partial charge in [0.15, 0.2) is 0 Å². The van der Waals surface area contributed by atoms with Crippen LogP contribution in [0.1, 0.15) is 4.88 Å². The van der Waals surface area contributed by atoms with Crippen molar-refractivity contribution < 1.29 is 4.79 Å². The summed E-state index contributed by atoms with van der Waals surface area (Å²) in [5.74, 6) is -0.246. The van der Waals surface area contributed by atoms with Gasteiger partial charge < -0.3 is 5.32 Å². The molecular formula is C17H14BrN3O2S. The lowest BCUT2D eigenvalue weighted by Gasteiger charge is -2.08. The third-order valence-corrected chi connectivity index (χ3v) is 4.69. The van der Waals surface area contributed by atoms with E-state index in [-0.39, 0.29) is 18.0 Å². The zero-order valence-electron chi connectivity index (χ0n) is 12.6. The Morgan fingerprint density at radius 3 is 2.83 bits per heavy atom. The Balaban J connectivity index is 1.74. The number of nitrogens with zero attached hydrogens (tertiary/aromatic N) is 2. The molecule has 0 bridgehead atoms. The number of thiophene rings is 1. The maximum atomic E-state index is 12.0. The van der Waals surface area contributed by atoms with Crippen molar-refractivity contribution in [3.8, 4) is 11.3 Å². The summed E-state index contributed by atoms with van der Waals surface area (Å²) in [5, 5.41) is 9.04. The molecule has 3 rings (SSSR count). The normalized spacial score (nSPS) is 10.5. The molecule has 0 aliphatic rings. The fourth-order valence-electron chi connectivity index (χ4n) is 2.15. The molecule has 0 saturated carbocycles. The highest BCUT2D eigenvalue weighted by Crippen LogP contribution is 2.20. The topological polar surface area (TPSA) is 64.0 Å². The van der Waals surface area contributed by atoms with Crippen LogP contribution in [0.2, 0.25) is 0 Å². The van der Waals surface area contributed by atoms with Crippen LogP contribution in [0, 0.1) is 0 Å². The van der Waals surface area contributed by atoms with E-state index in [4.69, 9.17) is 0 Å². The predicted octanol–water partition coefficient (Wildman–Crippen LogP) is 3.05. The van der Waals surface area contributed by atoms with Gasteiger partial charge in [0, 0.05) is 21.0 Å². The maximum Gasteiger partial charge on any atom is 0.267 e. The third-order valence-electron chi connectivity index (χ3n) is 3.32. The average molecular weight is 404 g/mol. The summed E-state index contributed by atoms with van der Waals surface area (Å²) in [5.41, 5.74) is 1.21. The first-order chi connectivity index (χ1) is 11.6. The van der Waals surface area contributed by atoms with Crippen molar-refractivity contribution in [3.63, 3.8) is 0 Å². The third kappa shape index (κ3) is 4.18. The van der Waals surface area contributed by atoms with Gasteiger partial charge in [-0.25, -0.2) is 4.68 Å². The molecule has 1 aromatic carbocycles. The van der Waals surface area contributed by atoms with E-state index in [0.29, 0.717) is 12.2 Å². The van der Waals surface area contributed by atoms with E-state index < -0.39 is 0 Å². The van der Waals surface area contributed by atoms with Gasteiger partial charge in [-0.15, -0.1) is 11.3 Å². The highest BCUT2D eigenvalue weighted by molar-refractivity contribution is 9.10. The van der Waals surface area contributed by atoms with Gasteiger partial charge in [0.25, 0.3) is 5.56 Å². The highest BCUT2D eigenvalue weighted by atomic mass is 79.9. The molecule has 1 N–H and O–H groups in total. The van der Waals surface area contributed by atoms with E-state index in [2.05, 4.69) is 26.3 Å². The molecule has 122 valence electrons. The number of carbonyl (C=O) groups is 1. The van der Waals surface area contributed by atoms with E-state index >= 15 is 0 Å². The van der Waals surface area contributed by atoms with Crippen LogP contribution in [-0.2, 0) is 17.9 Å². The SMILES string of the molecule is O=C(Cn1nc(-c2cccc(Br)c2)ccc1=O)NCc1cccs1. The van der Waals surface area contributed by atoms with E-state index in [9.17, 15) is 9.59 Å². The van der Waals surface area contributed by atoms with Crippen LogP contribution in [-0.4, -0.2) is 15.7 Å². The number of halogens is 1. The van der Waals surface area contributed by atoms with E-state index in [1.54, 1.807) is 17.4 Å². The smallest absolute Gasteiger partial charge is 0.267 e. The molecule has 0 aliphatic carbocycles. The van der Waals surface area contributed by atoms with Crippen LogP contribution in [0.4, 0.5) is 0 Å². The van der Waals surface area contributed by atoms with Crippen molar-refractivity contribution >= 4 is 33.2 Å². The second-order valence-corrected chi connectivity index (χ2v) is 7.03. The predicted molar refractivity (Wildman–Crippen MR) is 97.8 cm³/mol. The molecule has 0 unspecified atom stereocenters. The molecule has 5 nitrogen and oxygen atoms in total. The van der Waals surface area contributed by atoms with Crippen molar-refractivity contribution in [3.05, 3.63) is 73.6 Å². The van der Waals surface area contributed by atoms with Crippen molar-refractivity contribution in [1.29, 1.82) is 0 Å². The van der Waals surface area contributed by atoms with Crippen molar-refractivity contribution in [2.24, 2.45) is 0 Å². The van der Waals surface area contributed by atoms with Gasteiger partial charge in [0.1, 0.15) is 6.54 Å². The summed E-state index contributed by atoms with van der Waals surface area (Å²) in [4.78, 5) is 25.1. The van der Waals surface area contributed by atoms with Gasteiger partial charge in [-0.3, -0.25) is 9.59 Å². The Morgan fingerprint density at radius 1 is 1.21 bits per heavy atom. The molecule has 2 aromatic heterocycles. The summed E-state index contributed by atoms with van der Waals surface area (Å²) >= 11 is 4.98. The highest BCUT2D eigenvalue weighted by Gasteiger charge is 2.08. The largest absolute Gasteiger partial charge is 0.350 e. The van der Waals surface area contributed by atoms with E-state index in [1.165, 1.54) is 10.7 Å². The molecule has 0 spiro atoms. The maximum absolute atomic E-state index is 12.0. The lowest BCUT2D eigenvalue weighted by atomic mass is 10.1. The van der Waals surface area contributed by atoms with Gasteiger partial charge in [-0.2, -0.15) is 5.10 Å². The number of rotatable bonds is 5. The fourth-order valence-corrected chi connectivity index (χ4v) is 3.20. The molecule has 0 saturated heterocycles. The quantitative estimate of drug-likeness (QED) is 0.711.